The molecule has 0 spiro atoms. The molecular formula is C22H38N2O3. The molecule has 0 saturated heterocycles. The van der Waals surface area contributed by atoms with Gasteiger partial charge < -0.3 is 5.32 Å². The van der Waals surface area contributed by atoms with E-state index in [0.29, 0.717) is 13.0 Å². The predicted molar refractivity (Wildman–Crippen MR) is 109 cm³/mol. The Morgan fingerprint density at radius 2 is 1.22 bits per heavy atom. The zero-order valence-electron chi connectivity index (χ0n) is 17.1. The SMILES string of the molecule is CCCCCCCCCCCCCCCC(=O)NCCN1C(=O)C=CC1=O. The third-order valence-corrected chi connectivity index (χ3v) is 5.07. The highest BCUT2D eigenvalue weighted by molar-refractivity contribution is 6.12. The second-order valence-corrected chi connectivity index (χ2v) is 7.50. The Balaban J connectivity index is 1.82. The molecule has 1 rings (SSSR count). The molecular weight excluding hydrogens is 340 g/mol. The van der Waals surface area contributed by atoms with Gasteiger partial charge in [0, 0.05) is 31.7 Å². The molecule has 0 atom stereocenters. The average Bonchev–Trinajstić information content (AvgIpc) is 2.97. The van der Waals surface area contributed by atoms with Crippen molar-refractivity contribution < 1.29 is 14.4 Å². The molecule has 0 radical (unpaired) electrons. The molecule has 0 aromatic rings. The first kappa shape index (κ1) is 23.4. The fourth-order valence-electron chi connectivity index (χ4n) is 3.35. The van der Waals surface area contributed by atoms with Crippen LogP contribution in [0.2, 0.25) is 0 Å². The minimum absolute atomic E-state index is 0.00475. The number of amides is 3. The zero-order valence-corrected chi connectivity index (χ0v) is 17.1. The summed E-state index contributed by atoms with van der Waals surface area (Å²) in [6.07, 6.45) is 19.8. The van der Waals surface area contributed by atoms with Gasteiger partial charge in [0.15, 0.2) is 0 Å². The molecule has 0 bridgehead atoms. The maximum Gasteiger partial charge on any atom is 0.253 e. The first-order valence-electron chi connectivity index (χ1n) is 11.0. The van der Waals surface area contributed by atoms with Crippen LogP contribution >= 0.6 is 0 Å². The number of nitrogens with zero attached hydrogens (tertiary/aromatic N) is 1. The monoisotopic (exact) mass is 378 g/mol. The van der Waals surface area contributed by atoms with Crippen molar-refractivity contribution in [3.8, 4) is 0 Å². The summed E-state index contributed by atoms with van der Waals surface area (Å²) in [7, 11) is 0. The minimum atomic E-state index is -0.300. The molecule has 27 heavy (non-hydrogen) atoms. The van der Waals surface area contributed by atoms with Crippen LogP contribution in [0.4, 0.5) is 0 Å². The number of rotatable bonds is 17. The maximum absolute atomic E-state index is 11.8. The Labute approximate surface area is 165 Å². The molecule has 5 nitrogen and oxygen atoms in total. The summed E-state index contributed by atoms with van der Waals surface area (Å²) < 4.78 is 0. The van der Waals surface area contributed by atoms with Crippen molar-refractivity contribution in [2.24, 2.45) is 0 Å². The summed E-state index contributed by atoms with van der Waals surface area (Å²) in [5.74, 6) is -0.596. The number of carbonyl (C=O) groups is 3. The second kappa shape index (κ2) is 15.4. The first-order chi connectivity index (χ1) is 13.1. The lowest BCUT2D eigenvalue weighted by Gasteiger charge is -2.13. The van der Waals surface area contributed by atoms with Gasteiger partial charge in [-0.05, 0) is 6.42 Å². The Morgan fingerprint density at radius 3 is 1.70 bits per heavy atom. The molecule has 1 N–H and O–H groups in total. The summed E-state index contributed by atoms with van der Waals surface area (Å²) in [6, 6.07) is 0. The average molecular weight is 379 g/mol. The fourth-order valence-corrected chi connectivity index (χ4v) is 3.35. The lowest BCUT2D eigenvalue weighted by molar-refractivity contribution is -0.137. The van der Waals surface area contributed by atoms with E-state index < -0.39 is 0 Å². The molecule has 1 aliphatic rings. The van der Waals surface area contributed by atoms with Crippen LogP contribution in [-0.4, -0.2) is 35.7 Å². The maximum atomic E-state index is 11.8. The Hall–Kier alpha value is -1.65. The summed E-state index contributed by atoms with van der Waals surface area (Å²) in [5.41, 5.74) is 0. The summed E-state index contributed by atoms with van der Waals surface area (Å²) in [5, 5.41) is 2.78. The van der Waals surface area contributed by atoms with E-state index in [1.807, 2.05) is 0 Å². The Kier molecular flexibility index (Phi) is 13.4. The van der Waals surface area contributed by atoms with Crippen LogP contribution < -0.4 is 5.32 Å². The fraction of sp³-hybridized carbons (Fsp3) is 0.773. The van der Waals surface area contributed by atoms with Crippen LogP contribution in [0.15, 0.2) is 12.2 Å². The number of hydrogen-bond acceptors (Lipinski definition) is 3. The van der Waals surface area contributed by atoms with Gasteiger partial charge in [-0.2, -0.15) is 0 Å². The molecule has 3 amide bonds. The third kappa shape index (κ3) is 11.6. The van der Waals surface area contributed by atoms with Crippen LogP contribution in [0.5, 0.6) is 0 Å². The molecule has 5 heteroatoms. The zero-order chi connectivity index (χ0) is 19.7. The second-order valence-electron chi connectivity index (χ2n) is 7.50. The van der Waals surface area contributed by atoms with Gasteiger partial charge in [-0.25, -0.2) is 0 Å². The van der Waals surface area contributed by atoms with E-state index in [1.165, 1.54) is 82.8 Å². The van der Waals surface area contributed by atoms with Crippen LogP contribution in [0.25, 0.3) is 0 Å². The molecule has 0 saturated carbocycles. The number of hydrogen-bond donors (Lipinski definition) is 1. The van der Waals surface area contributed by atoms with E-state index in [1.54, 1.807) is 0 Å². The van der Waals surface area contributed by atoms with Gasteiger partial charge in [0.05, 0.1) is 0 Å². The third-order valence-electron chi connectivity index (χ3n) is 5.07. The number of imide groups is 1. The number of unbranched alkanes of at least 4 members (excludes halogenated alkanes) is 12. The van der Waals surface area contributed by atoms with Crippen LogP contribution in [0.1, 0.15) is 96.8 Å². The van der Waals surface area contributed by atoms with E-state index in [9.17, 15) is 14.4 Å². The van der Waals surface area contributed by atoms with E-state index in [-0.39, 0.29) is 24.3 Å². The lowest BCUT2D eigenvalue weighted by atomic mass is 10.0. The van der Waals surface area contributed by atoms with Crippen molar-refractivity contribution in [1.29, 1.82) is 0 Å². The van der Waals surface area contributed by atoms with E-state index in [0.717, 1.165) is 17.7 Å². The van der Waals surface area contributed by atoms with Crippen molar-refractivity contribution in [1.82, 2.24) is 10.2 Å². The molecule has 0 aromatic heterocycles. The Morgan fingerprint density at radius 1 is 0.778 bits per heavy atom. The number of nitrogens with one attached hydrogen (secondary N) is 1. The highest BCUT2D eigenvalue weighted by atomic mass is 16.2. The van der Waals surface area contributed by atoms with Crippen LogP contribution in [-0.2, 0) is 14.4 Å². The molecule has 1 aliphatic heterocycles. The van der Waals surface area contributed by atoms with Crippen LogP contribution in [0.3, 0.4) is 0 Å². The quantitative estimate of drug-likeness (QED) is 0.299. The van der Waals surface area contributed by atoms with Crippen molar-refractivity contribution in [3.05, 3.63) is 12.2 Å². The molecule has 0 aliphatic carbocycles. The molecule has 1 heterocycles. The summed E-state index contributed by atoms with van der Waals surface area (Å²) in [6.45, 7) is 2.83. The van der Waals surface area contributed by atoms with Gasteiger partial charge in [-0.1, -0.05) is 84.0 Å². The van der Waals surface area contributed by atoms with Gasteiger partial charge >= 0.3 is 0 Å². The largest absolute Gasteiger partial charge is 0.354 e. The standard InChI is InChI=1S/C22H38N2O3/c1-2-3-4-5-6-7-8-9-10-11-12-13-14-15-20(25)23-18-19-24-21(26)16-17-22(24)27/h16-17H,2-15,18-19H2,1H3,(H,23,25). The van der Waals surface area contributed by atoms with Crippen molar-refractivity contribution in [3.63, 3.8) is 0 Å². The van der Waals surface area contributed by atoms with Crippen LogP contribution in [0, 0.1) is 0 Å². The van der Waals surface area contributed by atoms with E-state index >= 15 is 0 Å². The Bertz CT molecular complexity index is 456. The normalized spacial score (nSPS) is 13.6. The number of carbonyl (C=O) groups excluding carboxylic acids is 3. The highest BCUT2D eigenvalue weighted by Gasteiger charge is 2.22. The highest BCUT2D eigenvalue weighted by Crippen LogP contribution is 2.12. The van der Waals surface area contributed by atoms with E-state index in [4.69, 9.17) is 0 Å². The summed E-state index contributed by atoms with van der Waals surface area (Å²) in [4.78, 5) is 35.7. The van der Waals surface area contributed by atoms with Gasteiger partial charge in [0.1, 0.15) is 0 Å². The molecule has 154 valence electrons. The predicted octanol–water partition coefficient (Wildman–Crippen LogP) is 4.51. The lowest BCUT2D eigenvalue weighted by Crippen LogP contribution is -2.38. The van der Waals surface area contributed by atoms with Crippen molar-refractivity contribution in [2.45, 2.75) is 96.8 Å². The van der Waals surface area contributed by atoms with Crippen molar-refractivity contribution in [2.75, 3.05) is 13.1 Å². The van der Waals surface area contributed by atoms with Gasteiger partial charge in [0.25, 0.3) is 11.8 Å². The molecule has 0 fully saturated rings. The van der Waals surface area contributed by atoms with Crippen molar-refractivity contribution >= 4 is 17.7 Å². The first-order valence-corrected chi connectivity index (χ1v) is 11.0. The van der Waals surface area contributed by atoms with Gasteiger partial charge in [-0.15, -0.1) is 0 Å². The topological polar surface area (TPSA) is 66.5 Å². The molecule has 0 unspecified atom stereocenters. The van der Waals surface area contributed by atoms with Gasteiger partial charge in [-0.3, -0.25) is 19.3 Å². The van der Waals surface area contributed by atoms with Gasteiger partial charge in [0.2, 0.25) is 5.91 Å². The molecule has 0 aromatic carbocycles. The summed E-state index contributed by atoms with van der Waals surface area (Å²) >= 11 is 0. The van der Waals surface area contributed by atoms with E-state index in [2.05, 4.69) is 12.2 Å². The minimum Gasteiger partial charge on any atom is -0.354 e. The smallest absolute Gasteiger partial charge is 0.253 e.